The molecule has 0 heterocycles. The molecule has 0 aromatic heterocycles. The maximum absolute atomic E-state index is 13.0. The Morgan fingerprint density at radius 2 is 1.70 bits per heavy atom. The Morgan fingerprint density at radius 3 is 2.33 bits per heavy atom. The molecule has 0 saturated heterocycles. The van der Waals surface area contributed by atoms with E-state index in [0.29, 0.717) is 0 Å². The van der Waals surface area contributed by atoms with Crippen LogP contribution in [0.2, 0.25) is 0 Å². The normalized spacial score (nSPS) is 10.7. The molecule has 0 bridgehead atoms. The quantitative estimate of drug-likeness (QED) is 0.232. The van der Waals surface area contributed by atoms with Crippen molar-refractivity contribution in [2.75, 3.05) is 5.32 Å². The van der Waals surface area contributed by atoms with Crippen molar-refractivity contribution in [3.8, 4) is 17.6 Å². The van der Waals surface area contributed by atoms with Gasteiger partial charge in [-0.2, -0.15) is 5.26 Å². The summed E-state index contributed by atoms with van der Waals surface area (Å²) in [5.74, 6) is -1.45. The number of hydrogen-bond acceptors (Lipinski definition) is 7. The summed E-state index contributed by atoms with van der Waals surface area (Å²) < 4.78 is 18.6. The second-order valence-corrected chi connectivity index (χ2v) is 6.44. The Bertz CT molecular complexity index is 1320. The zero-order valence-corrected chi connectivity index (χ0v) is 16.6. The molecule has 164 valence electrons. The molecule has 1 amide bonds. The highest BCUT2D eigenvalue weighted by atomic mass is 19.1. The van der Waals surface area contributed by atoms with E-state index >= 15 is 0 Å². The highest BCUT2D eigenvalue weighted by molar-refractivity contribution is 6.09. The third-order valence-electron chi connectivity index (χ3n) is 4.26. The van der Waals surface area contributed by atoms with E-state index in [1.54, 1.807) is 18.2 Å². The zero-order chi connectivity index (χ0) is 24.0. The molecular formula is C22H13FN4O6. The van der Waals surface area contributed by atoms with Gasteiger partial charge in [-0.15, -0.1) is 0 Å². The van der Waals surface area contributed by atoms with Crippen LogP contribution in [-0.4, -0.2) is 15.8 Å². The van der Waals surface area contributed by atoms with Crippen LogP contribution in [0.25, 0.3) is 6.08 Å². The number of nitrogens with one attached hydrogen (secondary N) is 1. The molecule has 11 heteroatoms. The first-order chi connectivity index (χ1) is 15.8. The first-order valence-corrected chi connectivity index (χ1v) is 9.17. The molecule has 0 aliphatic rings. The van der Waals surface area contributed by atoms with Gasteiger partial charge in [-0.25, -0.2) is 4.39 Å². The zero-order valence-electron chi connectivity index (χ0n) is 16.6. The number of rotatable bonds is 7. The molecule has 0 aliphatic carbocycles. The van der Waals surface area contributed by atoms with Gasteiger partial charge in [0.2, 0.25) is 5.75 Å². The Kier molecular flexibility index (Phi) is 6.70. The smallest absolute Gasteiger partial charge is 0.318 e. The molecule has 33 heavy (non-hydrogen) atoms. The van der Waals surface area contributed by atoms with Crippen LogP contribution in [0, 0.1) is 37.4 Å². The van der Waals surface area contributed by atoms with Crippen molar-refractivity contribution in [3.63, 3.8) is 0 Å². The minimum Gasteiger partial charge on any atom is -0.449 e. The summed E-state index contributed by atoms with van der Waals surface area (Å²) in [6.07, 6.45) is 1.21. The lowest BCUT2D eigenvalue weighted by atomic mass is 10.1. The number of amides is 1. The number of para-hydroxylation sites is 1. The minimum absolute atomic E-state index is 0.0665. The maximum Gasteiger partial charge on any atom is 0.318 e. The minimum atomic E-state index is -0.822. The molecule has 0 aliphatic heterocycles. The van der Waals surface area contributed by atoms with Gasteiger partial charge in [0.25, 0.3) is 11.6 Å². The molecule has 0 radical (unpaired) electrons. The summed E-state index contributed by atoms with van der Waals surface area (Å²) in [6.45, 7) is 0. The standard InChI is InChI=1S/C22H13FN4O6/c23-16-5-7-17(8-6-16)25-22(28)15(13-24)11-14-3-1-2-4-20(14)33-21-10-9-18(26(29)30)12-19(21)27(31)32/h1-12H,(H,25,28)/b15-11+. The van der Waals surface area contributed by atoms with Crippen molar-refractivity contribution in [1.82, 2.24) is 0 Å². The third kappa shape index (κ3) is 5.53. The van der Waals surface area contributed by atoms with Crippen LogP contribution >= 0.6 is 0 Å². The number of ether oxygens (including phenoxy) is 1. The van der Waals surface area contributed by atoms with Gasteiger partial charge in [0.05, 0.1) is 15.9 Å². The average Bonchev–Trinajstić information content (AvgIpc) is 2.79. The summed E-state index contributed by atoms with van der Waals surface area (Å²) in [6, 6.07) is 15.7. The Morgan fingerprint density at radius 1 is 1.00 bits per heavy atom. The van der Waals surface area contributed by atoms with E-state index in [1.807, 2.05) is 0 Å². The predicted molar refractivity (Wildman–Crippen MR) is 115 cm³/mol. The van der Waals surface area contributed by atoms with Crippen LogP contribution in [-0.2, 0) is 4.79 Å². The lowest BCUT2D eigenvalue weighted by molar-refractivity contribution is -0.394. The van der Waals surface area contributed by atoms with Gasteiger partial charge in [0, 0.05) is 17.3 Å². The monoisotopic (exact) mass is 448 g/mol. The van der Waals surface area contributed by atoms with Crippen LogP contribution in [0.15, 0.2) is 72.3 Å². The van der Waals surface area contributed by atoms with Crippen molar-refractivity contribution in [1.29, 1.82) is 5.26 Å². The number of benzene rings is 3. The molecule has 10 nitrogen and oxygen atoms in total. The second-order valence-electron chi connectivity index (χ2n) is 6.44. The first-order valence-electron chi connectivity index (χ1n) is 9.17. The lowest BCUT2D eigenvalue weighted by Crippen LogP contribution is -2.13. The van der Waals surface area contributed by atoms with Crippen molar-refractivity contribution in [3.05, 3.63) is 104 Å². The van der Waals surface area contributed by atoms with Crippen molar-refractivity contribution < 1.29 is 23.8 Å². The van der Waals surface area contributed by atoms with E-state index < -0.39 is 32.9 Å². The Balaban J connectivity index is 1.92. The number of nitriles is 1. The molecule has 0 saturated carbocycles. The number of nitro benzene ring substituents is 2. The number of nitro groups is 2. The van der Waals surface area contributed by atoms with Crippen LogP contribution in [0.1, 0.15) is 5.56 Å². The number of hydrogen-bond donors (Lipinski definition) is 1. The molecular weight excluding hydrogens is 435 g/mol. The highest BCUT2D eigenvalue weighted by Crippen LogP contribution is 2.36. The van der Waals surface area contributed by atoms with Crippen molar-refractivity contribution in [2.24, 2.45) is 0 Å². The van der Waals surface area contributed by atoms with Gasteiger partial charge in [-0.3, -0.25) is 25.0 Å². The van der Waals surface area contributed by atoms with E-state index in [4.69, 9.17) is 4.74 Å². The number of carbonyl (C=O) groups excluding carboxylic acids is 1. The van der Waals surface area contributed by atoms with E-state index in [-0.39, 0.29) is 28.3 Å². The molecule has 1 N–H and O–H groups in total. The fraction of sp³-hybridized carbons (Fsp3) is 0. The molecule has 3 rings (SSSR count). The SMILES string of the molecule is N#C/C(=C\c1ccccc1Oc1ccc([N+](=O)[O-])cc1[N+](=O)[O-])C(=O)Nc1ccc(F)cc1. The van der Waals surface area contributed by atoms with Crippen molar-refractivity contribution in [2.45, 2.75) is 0 Å². The van der Waals surface area contributed by atoms with E-state index in [1.165, 1.54) is 30.3 Å². The molecule has 0 atom stereocenters. The Labute approximate surface area is 185 Å². The van der Waals surface area contributed by atoms with Gasteiger partial charge in [-0.05, 0) is 42.5 Å². The number of anilines is 1. The summed E-state index contributed by atoms with van der Waals surface area (Å²) in [5, 5.41) is 34.2. The maximum atomic E-state index is 13.0. The summed E-state index contributed by atoms with van der Waals surface area (Å²) in [5.41, 5.74) is -0.901. The average molecular weight is 448 g/mol. The van der Waals surface area contributed by atoms with E-state index in [0.717, 1.165) is 30.3 Å². The van der Waals surface area contributed by atoms with Crippen LogP contribution < -0.4 is 10.1 Å². The van der Waals surface area contributed by atoms with Gasteiger partial charge in [0.15, 0.2) is 0 Å². The second kappa shape index (κ2) is 9.80. The first kappa shape index (κ1) is 22.6. The predicted octanol–water partition coefficient (Wildman–Crippen LogP) is 4.98. The molecule has 3 aromatic carbocycles. The summed E-state index contributed by atoms with van der Waals surface area (Å²) >= 11 is 0. The van der Waals surface area contributed by atoms with Gasteiger partial charge < -0.3 is 10.1 Å². The number of nitrogens with zero attached hydrogens (tertiary/aromatic N) is 3. The van der Waals surface area contributed by atoms with Crippen LogP contribution in [0.5, 0.6) is 11.5 Å². The largest absolute Gasteiger partial charge is 0.449 e. The van der Waals surface area contributed by atoms with Crippen molar-refractivity contribution >= 4 is 29.0 Å². The van der Waals surface area contributed by atoms with Gasteiger partial charge >= 0.3 is 5.69 Å². The summed E-state index contributed by atoms with van der Waals surface area (Å²) in [4.78, 5) is 33.1. The number of non-ortho nitro benzene ring substituents is 1. The van der Waals surface area contributed by atoms with E-state index in [9.17, 15) is 34.7 Å². The van der Waals surface area contributed by atoms with E-state index in [2.05, 4.69) is 5.32 Å². The molecule has 0 spiro atoms. The third-order valence-corrected chi connectivity index (χ3v) is 4.26. The highest BCUT2D eigenvalue weighted by Gasteiger charge is 2.22. The number of halogens is 1. The van der Waals surface area contributed by atoms with Gasteiger partial charge in [-0.1, -0.05) is 18.2 Å². The van der Waals surface area contributed by atoms with Gasteiger partial charge in [0.1, 0.15) is 23.2 Å². The molecule has 3 aromatic rings. The van der Waals surface area contributed by atoms with Crippen LogP contribution in [0.3, 0.4) is 0 Å². The molecule has 0 fully saturated rings. The fourth-order valence-corrected chi connectivity index (χ4v) is 2.70. The number of carbonyl (C=O) groups is 1. The lowest BCUT2D eigenvalue weighted by Gasteiger charge is -2.10. The molecule has 0 unspecified atom stereocenters. The Hall–Kier alpha value is -5.11. The summed E-state index contributed by atoms with van der Waals surface area (Å²) in [7, 11) is 0. The van der Waals surface area contributed by atoms with Crippen LogP contribution in [0.4, 0.5) is 21.5 Å². The fourth-order valence-electron chi connectivity index (χ4n) is 2.70. The topological polar surface area (TPSA) is 148 Å².